The Labute approximate surface area is 165 Å². The average molecular weight is 402 g/mol. The molecule has 1 aromatic heterocycles. The van der Waals surface area contributed by atoms with Crippen LogP contribution in [0.4, 0.5) is 8.78 Å². The van der Waals surface area contributed by atoms with Gasteiger partial charge in [0.15, 0.2) is 11.3 Å². The largest absolute Gasteiger partial charge is 0.490 e. The summed E-state index contributed by atoms with van der Waals surface area (Å²) in [6, 6.07) is 9.44. The summed E-state index contributed by atoms with van der Waals surface area (Å²) in [4.78, 5) is 24.1. The van der Waals surface area contributed by atoms with Crippen molar-refractivity contribution in [3.63, 3.8) is 0 Å². The van der Waals surface area contributed by atoms with E-state index in [1.54, 1.807) is 19.1 Å². The Morgan fingerprint density at radius 2 is 1.97 bits per heavy atom. The molecule has 0 spiro atoms. The third-order valence-corrected chi connectivity index (χ3v) is 4.22. The molecule has 0 fully saturated rings. The topological polar surface area (TPSA) is 80.6 Å². The fourth-order valence-corrected chi connectivity index (χ4v) is 2.83. The van der Waals surface area contributed by atoms with Gasteiger partial charge in [-0.1, -0.05) is 12.1 Å². The molecular weight excluding hydrogens is 382 g/mol. The van der Waals surface area contributed by atoms with Crippen molar-refractivity contribution in [2.75, 3.05) is 13.2 Å². The van der Waals surface area contributed by atoms with Gasteiger partial charge in [0.05, 0.1) is 24.8 Å². The van der Waals surface area contributed by atoms with E-state index in [0.29, 0.717) is 29.8 Å². The van der Waals surface area contributed by atoms with Crippen molar-refractivity contribution in [2.24, 2.45) is 0 Å². The predicted molar refractivity (Wildman–Crippen MR) is 103 cm³/mol. The molecule has 1 heterocycles. The molecule has 1 unspecified atom stereocenters. The molecule has 0 aliphatic carbocycles. The summed E-state index contributed by atoms with van der Waals surface area (Å²) in [6.45, 7) is 3.73. The van der Waals surface area contributed by atoms with E-state index in [0.717, 1.165) is 17.5 Å². The van der Waals surface area contributed by atoms with Gasteiger partial charge in [-0.25, -0.2) is 8.78 Å². The van der Waals surface area contributed by atoms with Crippen molar-refractivity contribution >= 4 is 22.8 Å². The summed E-state index contributed by atoms with van der Waals surface area (Å²) in [7, 11) is 0. The van der Waals surface area contributed by atoms with Crippen molar-refractivity contribution in [3.8, 4) is 5.75 Å². The van der Waals surface area contributed by atoms with E-state index in [-0.39, 0.29) is 12.1 Å². The number of carbonyl (C=O) groups is 2. The molecule has 0 aliphatic rings. The van der Waals surface area contributed by atoms with E-state index < -0.39 is 29.5 Å². The summed E-state index contributed by atoms with van der Waals surface area (Å²) in [6.07, 6.45) is 0. The maximum absolute atomic E-state index is 13.6. The summed E-state index contributed by atoms with van der Waals surface area (Å²) >= 11 is 0. The minimum Gasteiger partial charge on any atom is -0.490 e. The van der Waals surface area contributed by atoms with Crippen LogP contribution in [0.5, 0.6) is 5.75 Å². The lowest BCUT2D eigenvalue weighted by Gasteiger charge is -2.12. The Kier molecular flexibility index (Phi) is 6.11. The minimum absolute atomic E-state index is 0.340. The molecular formula is C21H20F2N2O4. The second kappa shape index (κ2) is 8.72. The number of halogens is 2. The zero-order valence-corrected chi connectivity index (χ0v) is 15.9. The molecule has 2 N–H and O–H groups in total. The van der Waals surface area contributed by atoms with Crippen LogP contribution in [-0.4, -0.2) is 25.0 Å². The Bertz CT molecular complexity index is 1050. The first-order chi connectivity index (χ1) is 13.9. The van der Waals surface area contributed by atoms with Crippen LogP contribution in [0.1, 0.15) is 36.0 Å². The number of fused-ring (bicyclic) bond motifs is 1. The first-order valence-corrected chi connectivity index (χ1v) is 9.07. The fourth-order valence-electron chi connectivity index (χ4n) is 2.83. The second-order valence-corrected chi connectivity index (χ2v) is 6.35. The van der Waals surface area contributed by atoms with Crippen LogP contribution in [0, 0.1) is 11.6 Å². The molecule has 6 nitrogen and oxygen atoms in total. The van der Waals surface area contributed by atoms with Gasteiger partial charge in [0, 0.05) is 11.5 Å². The van der Waals surface area contributed by atoms with Crippen LogP contribution < -0.4 is 15.4 Å². The summed E-state index contributed by atoms with van der Waals surface area (Å²) in [5.74, 6) is -1.94. The van der Waals surface area contributed by atoms with Gasteiger partial charge < -0.3 is 19.8 Å². The van der Waals surface area contributed by atoms with Crippen LogP contribution in [0.3, 0.4) is 0 Å². The number of ether oxygens (including phenoxy) is 1. The van der Waals surface area contributed by atoms with Crippen LogP contribution in [0.15, 0.2) is 46.9 Å². The molecule has 3 rings (SSSR count). The standard InChI is InChI=1S/C21H20F2N2O4/c1-3-28-17-6-4-5-13-9-18(29-20(13)17)12(2)25-19(26)11-24-21(27)15-8-7-14(22)10-16(15)23/h4-10,12H,3,11H2,1-2H3,(H,24,27)(H,25,26). The number of hydrogen-bond acceptors (Lipinski definition) is 4. The maximum atomic E-state index is 13.6. The van der Waals surface area contributed by atoms with E-state index in [2.05, 4.69) is 10.6 Å². The van der Waals surface area contributed by atoms with Gasteiger partial charge in [-0.3, -0.25) is 9.59 Å². The normalized spacial score (nSPS) is 11.9. The Hall–Kier alpha value is -3.42. The highest BCUT2D eigenvalue weighted by atomic mass is 19.1. The smallest absolute Gasteiger partial charge is 0.254 e. The van der Waals surface area contributed by atoms with E-state index in [9.17, 15) is 18.4 Å². The summed E-state index contributed by atoms with van der Waals surface area (Å²) in [5.41, 5.74) is 0.249. The third-order valence-electron chi connectivity index (χ3n) is 4.22. The van der Waals surface area contributed by atoms with Crippen molar-refractivity contribution in [1.29, 1.82) is 0 Å². The van der Waals surface area contributed by atoms with Gasteiger partial charge >= 0.3 is 0 Å². The van der Waals surface area contributed by atoms with Crippen LogP contribution in [0.2, 0.25) is 0 Å². The SMILES string of the molecule is CCOc1cccc2cc(C(C)NC(=O)CNC(=O)c3ccc(F)cc3F)oc12. The molecule has 152 valence electrons. The number of rotatable bonds is 7. The highest BCUT2D eigenvalue weighted by Gasteiger charge is 2.18. The van der Waals surface area contributed by atoms with E-state index in [1.165, 1.54) is 0 Å². The molecule has 1 atom stereocenters. The molecule has 3 aromatic rings. The molecule has 0 saturated heterocycles. The Morgan fingerprint density at radius 1 is 1.17 bits per heavy atom. The Balaban J connectivity index is 1.61. The molecule has 29 heavy (non-hydrogen) atoms. The molecule has 0 bridgehead atoms. The maximum Gasteiger partial charge on any atom is 0.254 e. The average Bonchev–Trinajstić information content (AvgIpc) is 3.12. The highest BCUT2D eigenvalue weighted by molar-refractivity contribution is 5.96. The summed E-state index contributed by atoms with van der Waals surface area (Å²) in [5, 5.41) is 5.84. The molecule has 0 saturated carbocycles. The first-order valence-electron chi connectivity index (χ1n) is 9.07. The third kappa shape index (κ3) is 4.71. The number of hydrogen-bond donors (Lipinski definition) is 2. The number of nitrogens with one attached hydrogen (secondary N) is 2. The van der Waals surface area contributed by atoms with Crippen molar-refractivity contribution < 1.29 is 27.5 Å². The lowest BCUT2D eigenvalue weighted by Crippen LogP contribution is -2.38. The number of amides is 2. The van der Waals surface area contributed by atoms with E-state index in [4.69, 9.17) is 9.15 Å². The van der Waals surface area contributed by atoms with Crippen LogP contribution >= 0.6 is 0 Å². The number of benzene rings is 2. The lowest BCUT2D eigenvalue weighted by molar-refractivity contribution is -0.120. The Morgan fingerprint density at radius 3 is 2.69 bits per heavy atom. The lowest BCUT2D eigenvalue weighted by atomic mass is 10.2. The number of carbonyl (C=O) groups excluding carboxylic acids is 2. The van der Waals surface area contributed by atoms with Crippen molar-refractivity contribution in [1.82, 2.24) is 10.6 Å². The van der Waals surface area contributed by atoms with Crippen LogP contribution in [-0.2, 0) is 4.79 Å². The van der Waals surface area contributed by atoms with Crippen LogP contribution in [0.25, 0.3) is 11.0 Å². The molecule has 2 aromatic carbocycles. The summed E-state index contributed by atoms with van der Waals surface area (Å²) < 4.78 is 37.9. The van der Waals surface area contributed by atoms with E-state index in [1.807, 2.05) is 19.1 Å². The van der Waals surface area contributed by atoms with Gasteiger partial charge in [-0.05, 0) is 38.1 Å². The first kappa shape index (κ1) is 20.3. The van der Waals surface area contributed by atoms with Crippen molar-refractivity contribution in [2.45, 2.75) is 19.9 Å². The van der Waals surface area contributed by atoms with E-state index >= 15 is 0 Å². The second-order valence-electron chi connectivity index (χ2n) is 6.35. The fraction of sp³-hybridized carbons (Fsp3) is 0.238. The van der Waals surface area contributed by atoms with Gasteiger partial charge in [-0.15, -0.1) is 0 Å². The highest BCUT2D eigenvalue weighted by Crippen LogP contribution is 2.31. The molecule has 8 heteroatoms. The monoisotopic (exact) mass is 402 g/mol. The zero-order chi connectivity index (χ0) is 21.0. The molecule has 2 amide bonds. The zero-order valence-electron chi connectivity index (χ0n) is 15.9. The van der Waals surface area contributed by atoms with Gasteiger partial charge in [0.1, 0.15) is 17.4 Å². The number of para-hydroxylation sites is 1. The van der Waals surface area contributed by atoms with Crippen molar-refractivity contribution in [3.05, 3.63) is 65.4 Å². The number of furan rings is 1. The van der Waals surface area contributed by atoms with Gasteiger partial charge in [0.2, 0.25) is 5.91 Å². The molecule has 0 radical (unpaired) electrons. The molecule has 0 aliphatic heterocycles. The van der Waals surface area contributed by atoms with Gasteiger partial charge in [0.25, 0.3) is 5.91 Å². The minimum atomic E-state index is -0.997. The van der Waals surface area contributed by atoms with Gasteiger partial charge in [-0.2, -0.15) is 0 Å². The predicted octanol–water partition coefficient (Wildman–Crippen LogP) is 3.72. The quantitative estimate of drug-likeness (QED) is 0.631.